The molecule has 6 nitrogen and oxygen atoms in total. The van der Waals surface area contributed by atoms with Crippen molar-refractivity contribution in [2.45, 2.75) is 6.54 Å². The first-order valence-electron chi connectivity index (χ1n) is 6.01. The fraction of sp³-hybridized carbons (Fsp3) is 0.154. The van der Waals surface area contributed by atoms with E-state index in [1.807, 2.05) is 0 Å². The molecule has 2 rings (SSSR count). The highest BCUT2D eigenvalue weighted by molar-refractivity contribution is 7.88. The van der Waals surface area contributed by atoms with Crippen molar-refractivity contribution >= 4 is 21.5 Å². The number of aromatic nitrogens is 1. The largest absolute Gasteiger partial charge is 0.395 e. The van der Waals surface area contributed by atoms with E-state index in [0.29, 0.717) is 16.7 Å². The van der Waals surface area contributed by atoms with Crippen LogP contribution < -0.4 is 16.2 Å². The van der Waals surface area contributed by atoms with Gasteiger partial charge in [-0.15, -0.1) is 0 Å². The lowest BCUT2D eigenvalue weighted by atomic mass is 10.0. The van der Waals surface area contributed by atoms with Crippen molar-refractivity contribution in [1.82, 2.24) is 9.71 Å². The summed E-state index contributed by atoms with van der Waals surface area (Å²) in [6.07, 6.45) is 2.51. The molecule has 112 valence electrons. The zero-order chi connectivity index (χ0) is 15.6. The first kappa shape index (κ1) is 15.2. The lowest BCUT2D eigenvalue weighted by Gasteiger charge is -2.10. The Labute approximate surface area is 122 Å². The third-order valence-corrected chi connectivity index (χ3v) is 3.50. The van der Waals surface area contributed by atoms with Crippen LogP contribution in [-0.2, 0) is 16.6 Å². The number of nitrogen functional groups attached to an aromatic ring is 2. The molecule has 0 saturated carbocycles. The SMILES string of the molecule is CS(=O)(=O)NCc1cc(F)cc(-c2ccnc(N)c2N)c1. The monoisotopic (exact) mass is 310 g/mol. The number of benzene rings is 1. The van der Waals surface area contributed by atoms with Gasteiger partial charge in [0, 0.05) is 18.3 Å². The van der Waals surface area contributed by atoms with E-state index in [1.54, 1.807) is 12.1 Å². The van der Waals surface area contributed by atoms with Crippen LogP contribution in [0.15, 0.2) is 30.5 Å². The Morgan fingerprint density at radius 2 is 2.00 bits per heavy atom. The summed E-state index contributed by atoms with van der Waals surface area (Å²) in [4.78, 5) is 3.85. The van der Waals surface area contributed by atoms with Crippen LogP contribution in [0.1, 0.15) is 5.56 Å². The van der Waals surface area contributed by atoms with Gasteiger partial charge in [0.05, 0.1) is 11.9 Å². The Morgan fingerprint density at radius 1 is 1.29 bits per heavy atom. The maximum absolute atomic E-state index is 13.7. The predicted octanol–water partition coefficient (Wildman–Crippen LogP) is 1.10. The van der Waals surface area contributed by atoms with Gasteiger partial charge in [-0.1, -0.05) is 0 Å². The summed E-state index contributed by atoms with van der Waals surface area (Å²) < 4.78 is 38.2. The van der Waals surface area contributed by atoms with Crippen molar-refractivity contribution in [3.05, 3.63) is 41.8 Å². The molecule has 0 radical (unpaired) electrons. The number of sulfonamides is 1. The molecule has 1 heterocycles. The minimum atomic E-state index is -3.35. The lowest BCUT2D eigenvalue weighted by Crippen LogP contribution is -2.21. The van der Waals surface area contributed by atoms with Gasteiger partial charge in [-0.2, -0.15) is 0 Å². The number of nitrogens with zero attached hydrogens (tertiary/aromatic N) is 1. The van der Waals surface area contributed by atoms with Crippen molar-refractivity contribution in [3.8, 4) is 11.1 Å². The minimum absolute atomic E-state index is 0.00986. The molecule has 0 fully saturated rings. The molecule has 0 saturated heterocycles. The number of nitrogens with two attached hydrogens (primary N) is 2. The smallest absolute Gasteiger partial charge is 0.209 e. The second-order valence-corrected chi connectivity index (χ2v) is 6.43. The van der Waals surface area contributed by atoms with Crippen LogP contribution in [0, 0.1) is 5.82 Å². The Balaban J connectivity index is 2.41. The fourth-order valence-electron chi connectivity index (χ4n) is 1.86. The highest BCUT2D eigenvalue weighted by atomic mass is 32.2. The molecule has 5 N–H and O–H groups in total. The van der Waals surface area contributed by atoms with Crippen LogP contribution in [0.25, 0.3) is 11.1 Å². The van der Waals surface area contributed by atoms with Crippen LogP contribution in [0.3, 0.4) is 0 Å². The Bertz CT molecular complexity index is 778. The first-order valence-corrected chi connectivity index (χ1v) is 7.90. The summed E-state index contributed by atoms with van der Waals surface area (Å²) in [6, 6.07) is 5.82. The number of hydrogen-bond acceptors (Lipinski definition) is 5. The molecule has 0 unspecified atom stereocenters. The van der Waals surface area contributed by atoms with E-state index < -0.39 is 15.8 Å². The predicted molar refractivity (Wildman–Crippen MR) is 80.1 cm³/mol. The van der Waals surface area contributed by atoms with E-state index in [4.69, 9.17) is 11.5 Å². The van der Waals surface area contributed by atoms with Crippen LogP contribution in [-0.4, -0.2) is 19.7 Å². The third-order valence-electron chi connectivity index (χ3n) is 2.83. The normalized spacial score (nSPS) is 11.5. The van der Waals surface area contributed by atoms with Gasteiger partial charge < -0.3 is 11.5 Å². The van der Waals surface area contributed by atoms with Gasteiger partial charge in [0.15, 0.2) is 0 Å². The van der Waals surface area contributed by atoms with Gasteiger partial charge in [-0.05, 0) is 35.4 Å². The molecule has 1 aromatic carbocycles. The number of anilines is 2. The Hall–Kier alpha value is -2.19. The van der Waals surface area contributed by atoms with Gasteiger partial charge in [-0.25, -0.2) is 22.5 Å². The first-order chi connectivity index (χ1) is 9.76. The zero-order valence-electron chi connectivity index (χ0n) is 11.3. The molecule has 21 heavy (non-hydrogen) atoms. The maximum atomic E-state index is 13.7. The van der Waals surface area contributed by atoms with Crippen LogP contribution >= 0.6 is 0 Å². The molecule has 0 aliphatic rings. The average molecular weight is 310 g/mol. The van der Waals surface area contributed by atoms with Gasteiger partial charge in [-0.3, -0.25) is 0 Å². The molecule has 0 spiro atoms. The second kappa shape index (κ2) is 5.66. The van der Waals surface area contributed by atoms with Crippen molar-refractivity contribution < 1.29 is 12.8 Å². The summed E-state index contributed by atoms with van der Waals surface area (Å²) >= 11 is 0. The summed E-state index contributed by atoms with van der Waals surface area (Å²) in [6.45, 7) is -0.00986. The highest BCUT2D eigenvalue weighted by Crippen LogP contribution is 2.29. The fourth-order valence-corrected chi connectivity index (χ4v) is 2.29. The van der Waals surface area contributed by atoms with E-state index in [2.05, 4.69) is 9.71 Å². The Kier molecular flexibility index (Phi) is 4.10. The average Bonchev–Trinajstić information content (AvgIpc) is 2.38. The quantitative estimate of drug-likeness (QED) is 0.783. The molecule has 1 aromatic heterocycles. The summed E-state index contributed by atoms with van der Waals surface area (Å²) in [5.41, 5.74) is 13.2. The number of halogens is 1. The molecule has 0 aliphatic heterocycles. The van der Waals surface area contributed by atoms with E-state index in [-0.39, 0.29) is 18.1 Å². The molecule has 2 aromatic rings. The highest BCUT2D eigenvalue weighted by Gasteiger charge is 2.10. The van der Waals surface area contributed by atoms with E-state index in [1.165, 1.54) is 18.3 Å². The van der Waals surface area contributed by atoms with Crippen LogP contribution in [0.4, 0.5) is 15.9 Å². The van der Waals surface area contributed by atoms with E-state index in [9.17, 15) is 12.8 Å². The van der Waals surface area contributed by atoms with Crippen LogP contribution in [0.2, 0.25) is 0 Å². The van der Waals surface area contributed by atoms with Crippen molar-refractivity contribution in [1.29, 1.82) is 0 Å². The van der Waals surface area contributed by atoms with Crippen molar-refractivity contribution in [3.63, 3.8) is 0 Å². The Morgan fingerprint density at radius 3 is 2.67 bits per heavy atom. The summed E-state index contributed by atoms with van der Waals surface area (Å²) in [5, 5.41) is 0. The summed E-state index contributed by atoms with van der Waals surface area (Å²) in [7, 11) is -3.35. The van der Waals surface area contributed by atoms with Gasteiger partial charge in [0.1, 0.15) is 11.6 Å². The van der Waals surface area contributed by atoms with Crippen LogP contribution in [0.5, 0.6) is 0 Å². The molecule has 0 atom stereocenters. The maximum Gasteiger partial charge on any atom is 0.209 e. The number of nitrogens with one attached hydrogen (secondary N) is 1. The number of rotatable bonds is 4. The third kappa shape index (κ3) is 3.89. The molecular weight excluding hydrogens is 295 g/mol. The van der Waals surface area contributed by atoms with E-state index in [0.717, 1.165) is 6.26 Å². The van der Waals surface area contributed by atoms with E-state index >= 15 is 0 Å². The topological polar surface area (TPSA) is 111 Å². The summed E-state index contributed by atoms with van der Waals surface area (Å²) in [5.74, 6) is -0.333. The van der Waals surface area contributed by atoms with Gasteiger partial charge in [0.25, 0.3) is 0 Å². The number of pyridine rings is 1. The van der Waals surface area contributed by atoms with Crippen molar-refractivity contribution in [2.75, 3.05) is 17.7 Å². The number of hydrogen-bond donors (Lipinski definition) is 3. The second-order valence-electron chi connectivity index (χ2n) is 4.60. The minimum Gasteiger partial charge on any atom is -0.395 e. The van der Waals surface area contributed by atoms with Crippen molar-refractivity contribution in [2.24, 2.45) is 0 Å². The lowest BCUT2D eigenvalue weighted by molar-refractivity contribution is 0.586. The zero-order valence-corrected chi connectivity index (χ0v) is 12.1. The molecule has 0 bridgehead atoms. The molecule has 8 heteroatoms. The molecule has 0 amide bonds. The van der Waals surface area contributed by atoms with Gasteiger partial charge >= 0.3 is 0 Å². The molecule has 0 aliphatic carbocycles. The standard InChI is InChI=1S/C13H15FN4O2S/c1-21(19,20)18-7-8-4-9(6-10(14)5-8)11-2-3-17-13(16)12(11)15/h2-6,18H,7,15H2,1H3,(H2,16,17). The molecular formula is C13H15FN4O2S. The van der Waals surface area contributed by atoms with Gasteiger partial charge in [0.2, 0.25) is 10.0 Å².